The molecule has 0 saturated carbocycles. The minimum atomic E-state index is -0.380. The number of benzene rings is 3. The monoisotopic (exact) mass is 541 g/mol. The largest absolute Gasteiger partial charge is 0.482 e. The summed E-state index contributed by atoms with van der Waals surface area (Å²) in [5.74, 6) is 0.547. The van der Waals surface area contributed by atoms with Crippen molar-refractivity contribution in [3.63, 3.8) is 0 Å². The molecule has 0 bridgehead atoms. The van der Waals surface area contributed by atoms with Crippen LogP contribution >= 0.6 is 11.3 Å². The van der Waals surface area contributed by atoms with Gasteiger partial charge in [0.15, 0.2) is 6.61 Å². The summed E-state index contributed by atoms with van der Waals surface area (Å²) in [5, 5.41) is 1.95. The van der Waals surface area contributed by atoms with Crippen LogP contribution in [0.15, 0.2) is 102 Å². The fourth-order valence-electron chi connectivity index (χ4n) is 4.66. The number of rotatable bonds is 14. The Kier molecular flexibility index (Phi) is 10.7. The molecule has 202 valence electrons. The van der Waals surface area contributed by atoms with Crippen molar-refractivity contribution in [1.82, 2.24) is 4.90 Å². The lowest BCUT2D eigenvalue weighted by molar-refractivity contribution is -0.145. The second kappa shape index (κ2) is 14.9. The van der Waals surface area contributed by atoms with E-state index >= 15 is 0 Å². The number of amides is 1. The van der Waals surface area contributed by atoms with Crippen LogP contribution in [0, 0.1) is 0 Å². The molecule has 0 aliphatic carbocycles. The summed E-state index contributed by atoms with van der Waals surface area (Å²) in [5.41, 5.74) is 3.62. The van der Waals surface area contributed by atoms with E-state index in [-0.39, 0.29) is 24.4 Å². The van der Waals surface area contributed by atoms with Crippen LogP contribution in [-0.4, -0.2) is 43.1 Å². The van der Waals surface area contributed by atoms with Crippen LogP contribution in [0.1, 0.15) is 52.0 Å². The highest BCUT2D eigenvalue weighted by atomic mass is 32.1. The molecule has 0 radical (unpaired) electrons. The predicted molar refractivity (Wildman–Crippen MR) is 156 cm³/mol. The summed E-state index contributed by atoms with van der Waals surface area (Å²) < 4.78 is 10.5. The van der Waals surface area contributed by atoms with Crippen LogP contribution in [0.25, 0.3) is 0 Å². The first-order valence-corrected chi connectivity index (χ1v) is 14.3. The smallest absolute Gasteiger partial charge is 0.344 e. The Labute approximate surface area is 235 Å². The van der Waals surface area contributed by atoms with Gasteiger partial charge in [-0.2, -0.15) is 0 Å². The average Bonchev–Trinajstić information content (AvgIpc) is 3.52. The average molecular weight is 542 g/mol. The predicted octanol–water partition coefficient (Wildman–Crippen LogP) is 6.99. The Balaban J connectivity index is 1.42. The molecule has 0 N–H and O–H groups in total. The first-order chi connectivity index (χ1) is 19.1. The third-order valence-electron chi connectivity index (χ3n) is 6.56. The van der Waals surface area contributed by atoms with Gasteiger partial charge < -0.3 is 14.4 Å². The Bertz CT molecular complexity index is 1250. The van der Waals surface area contributed by atoms with E-state index in [1.165, 1.54) is 22.5 Å². The molecule has 0 aliphatic heterocycles. The Morgan fingerprint density at radius 2 is 1.56 bits per heavy atom. The molecule has 1 heterocycles. The van der Waals surface area contributed by atoms with Gasteiger partial charge in [0.05, 0.1) is 11.5 Å². The summed E-state index contributed by atoms with van der Waals surface area (Å²) in [6.45, 7) is 3.31. The van der Waals surface area contributed by atoms with E-state index in [1.807, 2.05) is 58.8 Å². The number of ether oxygens (including phenoxy) is 2. The van der Waals surface area contributed by atoms with Crippen LogP contribution in [-0.2, 0) is 16.0 Å². The molecule has 0 fully saturated rings. The summed E-state index contributed by atoms with van der Waals surface area (Å²) in [6.07, 6.45) is 2.45. The molecule has 6 heteroatoms. The van der Waals surface area contributed by atoms with E-state index < -0.39 is 0 Å². The zero-order valence-electron chi connectivity index (χ0n) is 22.3. The van der Waals surface area contributed by atoms with Crippen LogP contribution < -0.4 is 4.74 Å². The quantitative estimate of drug-likeness (QED) is 0.162. The SMILES string of the molecule is CCOC(=O)COc1cccc(CCCN(CCC(c2ccccc2)c2ccccc2)C(=O)c2cccs2)c1. The van der Waals surface area contributed by atoms with Gasteiger partial charge in [-0.05, 0) is 66.5 Å². The van der Waals surface area contributed by atoms with Crippen molar-refractivity contribution in [1.29, 1.82) is 0 Å². The number of esters is 1. The molecule has 0 atom stereocenters. The van der Waals surface area contributed by atoms with Gasteiger partial charge >= 0.3 is 5.97 Å². The van der Waals surface area contributed by atoms with Crippen molar-refractivity contribution in [2.75, 3.05) is 26.3 Å². The minimum Gasteiger partial charge on any atom is -0.482 e. The standard InChI is InChI=1S/C33H35NO4S/c1-2-37-32(35)25-38-29-18-9-12-26(24-29)13-10-21-34(33(36)31-19-11-23-39-31)22-20-30(27-14-5-3-6-15-27)28-16-7-4-8-17-28/h3-9,11-12,14-19,23-24,30H,2,10,13,20-22,25H2,1H3. The van der Waals surface area contributed by atoms with Gasteiger partial charge in [0, 0.05) is 19.0 Å². The van der Waals surface area contributed by atoms with Crippen LogP contribution in [0.2, 0.25) is 0 Å². The molecule has 1 amide bonds. The molecule has 3 aromatic carbocycles. The van der Waals surface area contributed by atoms with Crippen LogP contribution in [0.3, 0.4) is 0 Å². The molecular weight excluding hydrogens is 506 g/mol. The topological polar surface area (TPSA) is 55.8 Å². The van der Waals surface area contributed by atoms with Crippen molar-refractivity contribution < 1.29 is 19.1 Å². The van der Waals surface area contributed by atoms with Crippen LogP contribution in [0.5, 0.6) is 5.75 Å². The third-order valence-corrected chi connectivity index (χ3v) is 7.42. The van der Waals surface area contributed by atoms with Gasteiger partial charge in [0.1, 0.15) is 5.75 Å². The van der Waals surface area contributed by atoms with Gasteiger partial charge in [0.2, 0.25) is 0 Å². The van der Waals surface area contributed by atoms with Crippen LogP contribution in [0.4, 0.5) is 0 Å². The summed E-state index contributed by atoms with van der Waals surface area (Å²) in [4.78, 5) is 27.8. The Morgan fingerprint density at radius 1 is 0.846 bits per heavy atom. The molecule has 0 saturated heterocycles. The van der Waals surface area contributed by atoms with E-state index in [1.54, 1.807) is 6.92 Å². The van der Waals surface area contributed by atoms with Crippen molar-refractivity contribution in [2.45, 2.75) is 32.1 Å². The molecular formula is C33H35NO4S. The van der Waals surface area contributed by atoms with Crippen molar-refractivity contribution >= 4 is 23.2 Å². The Morgan fingerprint density at radius 3 is 2.21 bits per heavy atom. The number of aryl methyl sites for hydroxylation is 1. The second-order valence-corrected chi connectivity index (χ2v) is 10.2. The summed E-state index contributed by atoms with van der Waals surface area (Å²) >= 11 is 1.48. The minimum absolute atomic E-state index is 0.0800. The molecule has 4 rings (SSSR count). The second-order valence-electron chi connectivity index (χ2n) is 9.28. The van der Waals surface area contributed by atoms with Crippen molar-refractivity contribution in [3.05, 3.63) is 124 Å². The number of nitrogens with zero attached hydrogens (tertiary/aromatic N) is 1. The maximum atomic E-state index is 13.5. The number of thiophene rings is 1. The number of carbonyl (C=O) groups excluding carboxylic acids is 2. The van der Waals surface area contributed by atoms with E-state index in [0.717, 1.165) is 29.7 Å². The molecule has 39 heavy (non-hydrogen) atoms. The molecule has 5 nitrogen and oxygen atoms in total. The summed E-state index contributed by atoms with van der Waals surface area (Å²) in [7, 11) is 0. The first kappa shape index (κ1) is 28.1. The Hall–Kier alpha value is -3.90. The third kappa shape index (κ3) is 8.55. The molecule has 1 aromatic heterocycles. The first-order valence-electron chi connectivity index (χ1n) is 13.4. The lowest BCUT2D eigenvalue weighted by Crippen LogP contribution is -2.33. The van der Waals surface area contributed by atoms with Gasteiger partial charge in [0.25, 0.3) is 5.91 Å². The lowest BCUT2D eigenvalue weighted by Gasteiger charge is -2.26. The van der Waals surface area contributed by atoms with E-state index in [0.29, 0.717) is 25.4 Å². The highest BCUT2D eigenvalue weighted by Gasteiger charge is 2.20. The fraction of sp³-hybridized carbons (Fsp3) is 0.273. The molecule has 0 spiro atoms. The van der Waals surface area contributed by atoms with E-state index in [4.69, 9.17) is 9.47 Å². The summed E-state index contributed by atoms with van der Waals surface area (Å²) in [6, 6.07) is 32.6. The van der Waals surface area contributed by atoms with E-state index in [2.05, 4.69) is 48.5 Å². The molecule has 0 aliphatic rings. The van der Waals surface area contributed by atoms with Gasteiger partial charge in [-0.3, -0.25) is 4.79 Å². The fourth-order valence-corrected chi connectivity index (χ4v) is 5.35. The zero-order chi connectivity index (χ0) is 27.3. The van der Waals surface area contributed by atoms with Gasteiger partial charge in [-0.25, -0.2) is 4.79 Å². The van der Waals surface area contributed by atoms with E-state index in [9.17, 15) is 9.59 Å². The zero-order valence-corrected chi connectivity index (χ0v) is 23.1. The maximum Gasteiger partial charge on any atom is 0.344 e. The number of hydrogen-bond donors (Lipinski definition) is 0. The molecule has 4 aromatic rings. The highest BCUT2D eigenvalue weighted by molar-refractivity contribution is 7.12. The molecule has 0 unspecified atom stereocenters. The van der Waals surface area contributed by atoms with Gasteiger partial charge in [-0.15, -0.1) is 11.3 Å². The van der Waals surface area contributed by atoms with Crippen molar-refractivity contribution in [3.8, 4) is 5.75 Å². The maximum absolute atomic E-state index is 13.5. The van der Waals surface area contributed by atoms with Gasteiger partial charge in [-0.1, -0.05) is 78.9 Å². The number of carbonyl (C=O) groups is 2. The lowest BCUT2D eigenvalue weighted by atomic mass is 9.88. The normalized spacial score (nSPS) is 10.8. The highest BCUT2D eigenvalue weighted by Crippen LogP contribution is 2.28. The number of hydrogen-bond acceptors (Lipinski definition) is 5. The van der Waals surface area contributed by atoms with Crippen molar-refractivity contribution in [2.24, 2.45) is 0 Å².